The summed E-state index contributed by atoms with van der Waals surface area (Å²) in [6, 6.07) is 9.67. The number of nitrogens with zero attached hydrogens (tertiary/aromatic N) is 1. The Labute approximate surface area is 148 Å². The quantitative estimate of drug-likeness (QED) is 0.825. The van der Waals surface area contributed by atoms with Gasteiger partial charge in [0.25, 0.3) is 5.91 Å². The Morgan fingerprint density at radius 3 is 2.64 bits per heavy atom. The molecular weight excluding hydrogens is 314 g/mol. The van der Waals surface area contributed by atoms with E-state index in [1.54, 1.807) is 6.08 Å². The lowest BCUT2D eigenvalue weighted by molar-refractivity contribution is -0.142. The number of benzene rings is 1. The second-order valence-electron chi connectivity index (χ2n) is 8.22. The summed E-state index contributed by atoms with van der Waals surface area (Å²) in [6.45, 7) is 5.11. The number of carbonyl (C=O) groups excluding carboxylic acids is 2. The predicted octanol–water partition coefficient (Wildman–Crippen LogP) is 2.10. The van der Waals surface area contributed by atoms with Crippen molar-refractivity contribution in [3.05, 3.63) is 42.0 Å². The maximum atomic E-state index is 12.5. The van der Waals surface area contributed by atoms with Gasteiger partial charge in [-0.1, -0.05) is 44.2 Å². The third-order valence-corrected chi connectivity index (χ3v) is 7.44. The molecule has 1 saturated heterocycles. The second kappa shape index (κ2) is 5.18. The van der Waals surface area contributed by atoms with Crippen LogP contribution in [-0.4, -0.2) is 28.9 Å². The van der Waals surface area contributed by atoms with E-state index >= 15 is 0 Å². The van der Waals surface area contributed by atoms with Crippen LogP contribution in [0.25, 0.3) is 6.08 Å². The van der Waals surface area contributed by atoms with Gasteiger partial charge in [0.05, 0.1) is 0 Å². The lowest BCUT2D eigenvalue weighted by Gasteiger charge is -2.45. The summed E-state index contributed by atoms with van der Waals surface area (Å²) < 4.78 is 0. The van der Waals surface area contributed by atoms with Crippen molar-refractivity contribution >= 4 is 17.9 Å². The van der Waals surface area contributed by atoms with E-state index in [1.807, 2.05) is 35.3 Å². The largest absolute Gasteiger partial charge is 0.368 e. The van der Waals surface area contributed by atoms with Crippen LogP contribution < -0.4 is 11.2 Å². The van der Waals surface area contributed by atoms with E-state index in [1.165, 1.54) is 6.08 Å². The summed E-state index contributed by atoms with van der Waals surface area (Å²) >= 11 is 0. The van der Waals surface area contributed by atoms with Gasteiger partial charge in [0.1, 0.15) is 5.54 Å². The maximum absolute atomic E-state index is 12.5. The SMILES string of the molecule is CC12CN(NC(=O)C=Cc3ccccc3)C3(C(N)=O)CC1CCC23C. The molecule has 5 nitrogen and oxygen atoms in total. The highest BCUT2D eigenvalue weighted by atomic mass is 16.2. The molecule has 1 aromatic rings. The van der Waals surface area contributed by atoms with Gasteiger partial charge in [-0.15, -0.1) is 0 Å². The van der Waals surface area contributed by atoms with Crippen LogP contribution >= 0.6 is 0 Å². The molecule has 4 bridgehead atoms. The van der Waals surface area contributed by atoms with Crippen molar-refractivity contribution in [1.82, 2.24) is 10.4 Å². The van der Waals surface area contributed by atoms with Gasteiger partial charge in [-0.2, -0.15) is 0 Å². The highest BCUT2D eigenvalue weighted by Gasteiger charge is 2.80. The Morgan fingerprint density at radius 1 is 1.28 bits per heavy atom. The molecule has 25 heavy (non-hydrogen) atoms. The molecule has 3 aliphatic rings. The zero-order chi connectivity index (χ0) is 17.9. The van der Waals surface area contributed by atoms with E-state index in [0.717, 1.165) is 24.8 Å². The topological polar surface area (TPSA) is 75.4 Å². The average molecular weight is 339 g/mol. The Bertz CT molecular complexity index is 761. The number of nitrogens with two attached hydrogens (primary N) is 1. The maximum Gasteiger partial charge on any atom is 0.258 e. The number of hydrazine groups is 1. The Hall–Kier alpha value is -2.14. The highest BCUT2D eigenvalue weighted by Crippen LogP contribution is 2.75. The van der Waals surface area contributed by atoms with E-state index in [4.69, 9.17) is 5.73 Å². The molecule has 3 fully saturated rings. The van der Waals surface area contributed by atoms with Crippen molar-refractivity contribution in [2.45, 2.75) is 38.6 Å². The average Bonchev–Trinajstić information content (AvgIpc) is 3.03. The molecule has 0 radical (unpaired) electrons. The summed E-state index contributed by atoms with van der Waals surface area (Å²) in [6.07, 6.45) is 6.17. The molecule has 0 spiro atoms. The first-order chi connectivity index (χ1) is 11.8. The molecule has 0 aromatic heterocycles. The van der Waals surface area contributed by atoms with E-state index in [-0.39, 0.29) is 22.6 Å². The number of rotatable bonds is 4. The van der Waals surface area contributed by atoms with Gasteiger partial charge in [0.2, 0.25) is 5.91 Å². The van der Waals surface area contributed by atoms with Crippen molar-refractivity contribution in [2.75, 3.05) is 6.54 Å². The van der Waals surface area contributed by atoms with E-state index in [0.29, 0.717) is 12.5 Å². The minimum atomic E-state index is -0.763. The molecular formula is C20H25N3O2. The van der Waals surface area contributed by atoms with Crippen LogP contribution in [0.15, 0.2) is 36.4 Å². The third-order valence-electron chi connectivity index (χ3n) is 7.44. The van der Waals surface area contributed by atoms with E-state index in [2.05, 4.69) is 19.3 Å². The van der Waals surface area contributed by atoms with Crippen molar-refractivity contribution in [3.8, 4) is 0 Å². The second-order valence-corrected chi connectivity index (χ2v) is 8.22. The number of hydrogen-bond donors (Lipinski definition) is 2. The molecule has 132 valence electrons. The summed E-state index contributed by atoms with van der Waals surface area (Å²) in [7, 11) is 0. The van der Waals surface area contributed by atoms with Crippen molar-refractivity contribution < 1.29 is 9.59 Å². The molecule has 2 aliphatic carbocycles. The minimum absolute atomic E-state index is 0.0262. The van der Waals surface area contributed by atoms with Crippen molar-refractivity contribution in [1.29, 1.82) is 0 Å². The summed E-state index contributed by atoms with van der Waals surface area (Å²) in [5, 5.41) is 1.84. The Kier molecular flexibility index (Phi) is 3.38. The van der Waals surface area contributed by atoms with Gasteiger partial charge in [-0.25, -0.2) is 5.01 Å². The van der Waals surface area contributed by atoms with Gasteiger partial charge in [0.15, 0.2) is 0 Å². The molecule has 4 atom stereocenters. The standard InChI is InChI=1S/C20H25N3O2/c1-18-13-23(22-16(24)9-8-14-6-4-3-5-7-14)20(17(21)25)12-15(18)10-11-19(18,20)2/h3-9,15H,10-13H2,1-2H3,(H2,21,25)(H,22,24). The molecule has 4 unspecified atom stereocenters. The number of carbonyl (C=O) groups is 2. The van der Waals surface area contributed by atoms with Gasteiger partial charge in [-0.05, 0) is 42.2 Å². The molecule has 2 amide bonds. The summed E-state index contributed by atoms with van der Waals surface area (Å²) in [5.74, 6) is -0.0219. The van der Waals surface area contributed by atoms with Crippen LogP contribution in [-0.2, 0) is 9.59 Å². The van der Waals surface area contributed by atoms with Crippen LogP contribution in [0.3, 0.4) is 0 Å². The Balaban J connectivity index is 1.57. The lowest BCUT2D eigenvalue weighted by Crippen LogP contribution is -2.65. The summed E-state index contributed by atoms with van der Waals surface area (Å²) in [4.78, 5) is 24.9. The zero-order valence-corrected chi connectivity index (χ0v) is 14.8. The number of hydrogen-bond acceptors (Lipinski definition) is 3. The van der Waals surface area contributed by atoms with Gasteiger partial charge in [-0.3, -0.25) is 15.0 Å². The molecule has 4 rings (SSSR count). The fourth-order valence-corrected chi connectivity index (χ4v) is 5.83. The zero-order valence-electron chi connectivity index (χ0n) is 14.8. The number of amides is 2. The Morgan fingerprint density at radius 2 is 2.00 bits per heavy atom. The molecule has 1 aliphatic heterocycles. The molecule has 1 aromatic carbocycles. The fraction of sp³-hybridized carbons (Fsp3) is 0.500. The number of nitrogens with one attached hydrogen (secondary N) is 1. The molecule has 2 saturated carbocycles. The van der Waals surface area contributed by atoms with E-state index < -0.39 is 5.54 Å². The van der Waals surface area contributed by atoms with Crippen molar-refractivity contribution in [3.63, 3.8) is 0 Å². The summed E-state index contributed by atoms with van der Waals surface area (Å²) in [5.41, 5.74) is 8.88. The third kappa shape index (κ3) is 1.93. The first kappa shape index (κ1) is 16.3. The predicted molar refractivity (Wildman–Crippen MR) is 95.8 cm³/mol. The van der Waals surface area contributed by atoms with Crippen molar-refractivity contribution in [2.24, 2.45) is 22.5 Å². The van der Waals surface area contributed by atoms with Crippen LogP contribution in [0.5, 0.6) is 0 Å². The molecule has 1 heterocycles. The molecule has 3 N–H and O–H groups in total. The van der Waals surface area contributed by atoms with Crippen LogP contribution in [0.4, 0.5) is 0 Å². The highest BCUT2D eigenvalue weighted by molar-refractivity contribution is 5.93. The van der Waals surface area contributed by atoms with Gasteiger partial charge < -0.3 is 5.73 Å². The van der Waals surface area contributed by atoms with Gasteiger partial charge >= 0.3 is 0 Å². The number of primary amides is 1. The van der Waals surface area contributed by atoms with E-state index in [9.17, 15) is 9.59 Å². The monoisotopic (exact) mass is 339 g/mol. The normalized spacial score (nSPS) is 39.2. The van der Waals surface area contributed by atoms with Crippen LogP contribution in [0, 0.1) is 16.7 Å². The lowest BCUT2D eigenvalue weighted by atomic mass is 9.65. The fourth-order valence-electron chi connectivity index (χ4n) is 5.83. The van der Waals surface area contributed by atoms with Crippen LogP contribution in [0.2, 0.25) is 0 Å². The first-order valence-corrected chi connectivity index (χ1v) is 8.95. The smallest absolute Gasteiger partial charge is 0.258 e. The van der Waals surface area contributed by atoms with Gasteiger partial charge in [0, 0.05) is 18.0 Å². The first-order valence-electron chi connectivity index (χ1n) is 8.95. The minimum Gasteiger partial charge on any atom is -0.368 e. The van der Waals surface area contributed by atoms with Crippen LogP contribution in [0.1, 0.15) is 38.7 Å². The molecule has 5 heteroatoms. The number of piperidine rings is 1.